The second-order valence-corrected chi connectivity index (χ2v) is 7.53. The average molecular weight is 391 g/mol. The smallest absolute Gasteiger partial charge is 0.262 e. The lowest BCUT2D eigenvalue weighted by Crippen LogP contribution is -2.30. The van der Waals surface area contributed by atoms with Gasteiger partial charge >= 0.3 is 0 Å². The zero-order chi connectivity index (χ0) is 19.3. The lowest BCUT2D eigenvalue weighted by molar-refractivity contribution is 0.0954. The third-order valence-corrected chi connectivity index (χ3v) is 5.26. The van der Waals surface area contributed by atoms with E-state index in [2.05, 4.69) is 15.4 Å². The zero-order valence-electron chi connectivity index (χ0n) is 14.8. The molecule has 0 unspecified atom stereocenters. The van der Waals surface area contributed by atoms with Gasteiger partial charge in [0.15, 0.2) is 11.5 Å². The lowest BCUT2D eigenvalue weighted by Gasteiger charge is -2.19. The van der Waals surface area contributed by atoms with Gasteiger partial charge in [-0.15, -0.1) is 0 Å². The van der Waals surface area contributed by atoms with Crippen LogP contribution in [0.4, 0.5) is 5.69 Å². The van der Waals surface area contributed by atoms with Crippen LogP contribution in [-0.2, 0) is 10.0 Å². The van der Waals surface area contributed by atoms with Crippen molar-refractivity contribution in [2.75, 3.05) is 38.1 Å². The fourth-order valence-corrected chi connectivity index (χ4v) is 3.57. The van der Waals surface area contributed by atoms with Gasteiger partial charge in [-0.1, -0.05) is 0 Å². The molecule has 8 nitrogen and oxygen atoms in total. The maximum absolute atomic E-state index is 12.6. The fraction of sp³-hybridized carbons (Fsp3) is 0.278. The highest BCUT2D eigenvalue weighted by Crippen LogP contribution is 2.32. The van der Waals surface area contributed by atoms with Gasteiger partial charge in [-0.3, -0.25) is 9.52 Å². The molecule has 0 saturated carbocycles. The van der Waals surface area contributed by atoms with E-state index in [1.54, 1.807) is 37.4 Å². The first-order valence-corrected chi connectivity index (χ1v) is 9.93. The Bertz CT molecular complexity index is 913. The Morgan fingerprint density at radius 1 is 1.00 bits per heavy atom. The molecule has 3 rings (SSSR count). The van der Waals surface area contributed by atoms with E-state index in [1.807, 2.05) is 0 Å². The molecular weight excluding hydrogens is 370 g/mol. The van der Waals surface area contributed by atoms with Crippen LogP contribution < -0.4 is 24.8 Å². The van der Waals surface area contributed by atoms with Crippen LogP contribution in [0.1, 0.15) is 10.4 Å². The van der Waals surface area contributed by atoms with E-state index in [-0.39, 0.29) is 10.8 Å². The number of likely N-dealkylation sites (N-methyl/N-ethyl adjacent to an activating group) is 1. The van der Waals surface area contributed by atoms with Crippen molar-refractivity contribution >= 4 is 21.6 Å². The van der Waals surface area contributed by atoms with Crippen molar-refractivity contribution in [1.29, 1.82) is 0 Å². The van der Waals surface area contributed by atoms with Gasteiger partial charge in [0.2, 0.25) is 0 Å². The second-order valence-electron chi connectivity index (χ2n) is 5.85. The summed E-state index contributed by atoms with van der Waals surface area (Å²) in [6.07, 6.45) is 0. The lowest BCUT2D eigenvalue weighted by atomic mass is 10.2. The molecule has 2 aromatic carbocycles. The van der Waals surface area contributed by atoms with Crippen molar-refractivity contribution in [1.82, 2.24) is 10.6 Å². The highest BCUT2D eigenvalue weighted by Gasteiger charge is 2.19. The van der Waals surface area contributed by atoms with E-state index < -0.39 is 10.0 Å². The largest absolute Gasteiger partial charge is 0.486 e. The Hall–Kier alpha value is -2.78. The average Bonchev–Trinajstić information content (AvgIpc) is 2.68. The number of sulfonamides is 1. The normalized spacial score (nSPS) is 13.1. The minimum Gasteiger partial charge on any atom is -0.486 e. The number of carbonyl (C=O) groups is 1. The first-order valence-electron chi connectivity index (χ1n) is 8.45. The molecule has 3 N–H and O–H groups in total. The monoisotopic (exact) mass is 391 g/mol. The number of fused-ring (bicyclic) bond motifs is 1. The van der Waals surface area contributed by atoms with Crippen LogP contribution >= 0.6 is 0 Å². The number of amides is 1. The third-order valence-electron chi connectivity index (χ3n) is 3.88. The van der Waals surface area contributed by atoms with Crippen LogP contribution in [0.5, 0.6) is 11.5 Å². The van der Waals surface area contributed by atoms with Gasteiger partial charge < -0.3 is 20.1 Å². The van der Waals surface area contributed by atoms with E-state index >= 15 is 0 Å². The molecule has 0 aliphatic carbocycles. The molecular formula is C18H21N3O5S. The first kappa shape index (κ1) is 19.0. The fourth-order valence-electron chi connectivity index (χ4n) is 2.50. The number of hydrogen-bond donors (Lipinski definition) is 3. The number of benzene rings is 2. The SMILES string of the molecule is CNCCNC(=O)c1ccc(NS(=O)(=O)c2ccc3c(c2)OCCO3)cc1. The summed E-state index contributed by atoms with van der Waals surface area (Å²) >= 11 is 0. The summed E-state index contributed by atoms with van der Waals surface area (Å²) in [6, 6.07) is 10.7. The van der Waals surface area contributed by atoms with Gasteiger partial charge in [0.1, 0.15) is 13.2 Å². The molecule has 0 saturated heterocycles. The molecule has 1 aliphatic heterocycles. The highest BCUT2D eigenvalue weighted by molar-refractivity contribution is 7.92. The summed E-state index contributed by atoms with van der Waals surface area (Å²) in [7, 11) is -1.99. The molecule has 0 bridgehead atoms. The van der Waals surface area contributed by atoms with Gasteiger partial charge in [0, 0.05) is 30.4 Å². The zero-order valence-corrected chi connectivity index (χ0v) is 15.6. The summed E-state index contributed by atoms with van der Waals surface area (Å²) in [4.78, 5) is 12.0. The molecule has 9 heteroatoms. The maximum Gasteiger partial charge on any atom is 0.262 e. The Balaban J connectivity index is 1.69. The molecule has 0 atom stereocenters. The van der Waals surface area contributed by atoms with Crippen LogP contribution in [0.15, 0.2) is 47.4 Å². The van der Waals surface area contributed by atoms with E-state index in [4.69, 9.17) is 9.47 Å². The minimum atomic E-state index is -3.79. The number of rotatable bonds is 7. The number of ether oxygens (including phenoxy) is 2. The van der Waals surface area contributed by atoms with Crippen molar-refractivity contribution in [3.05, 3.63) is 48.0 Å². The molecule has 1 heterocycles. The van der Waals surface area contributed by atoms with E-state index in [0.29, 0.717) is 49.1 Å². The molecule has 1 aliphatic rings. The van der Waals surface area contributed by atoms with Crippen molar-refractivity contribution in [3.8, 4) is 11.5 Å². The maximum atomic E-state index is 12.6. The molecule has 0 fully saturated rings. The standard InChI is InChI=1S/C18H21N3O5S/c1-19-8-9-20-18(22)13-2-4-14(5-3-13)21-27(23,24)15-6-7-16-17(12-15)26-11-10-25-16/h2-7,12,19,21H,8-11H2,1H3,(H,20,22). The summed E-state index contributed by atoms with van der Waals surface area (Å²) in [5, 5.41) is 5.69. The van der Waals surface area contributed by atoms with Gasteiger partial charge in [-0.25, -0.2) is 8.42 Å². The Morgan fingerprint density at radius 2 is 1.70 bits per heavy atom. The summed E-state index contributed by atoms with van der Waals surface area (Å²) in [5.41, 5.74) is 0.810. The number of hydrogen-bond acceptors (Lipinski definition) is 6. The number of carbonyl (C=O) groups excluding carboxylic acids is 1. The topological polar surface area (TPSA) is 106 Å². The summed E-state index contributed by atoms with van der Waals surface area (Å²) in [5.74, 6) is 0.707. The molecule has 0 radical (unpaired) electrons. The van der Waals surface area contributed by atoms with Crippen LogP contribution in [0.3, 0.4) is 0 Å². The van der Waals surface area contributed by atoms with E-state index in [0.717, 1.165) is 0 Å². The van der Waals surface area contributed by atoms with Crippen LogP contribution in [0.25, 0.3) is 0 Å². The van der Waals surface area contributed by atoms with E-state index in [9.17, 15) is 13.2 Å². The van der Waals surface area contributed by atoms with E-state index in [1.165, 1.54) is 12.1 Å². The molecule has 144 valence electrons. The van der Waals surface area contributed by atoms with Crippen LogP contribution in [-0.4, -0.2) is 47.7 Å². The molecule has 1 amide bonds. The first-order chi connectivity index (χ1) is 13.0. The van der Waals surface area contributed by atoms with Crippen molar-refractivity contribution in [2.45, 2.75) is 4.90 Å². The minimum absolute atomic E-state index is 0.0700. The van der Waals surface area contributed by atoms with Gasteiger partial charge in [-0.2, -0.15) is 0 Å². The molecule has 0 aromatic heterocycles. The van der Waals surface area contributed by atoms with Gasteiger partial charge in [0.05, 0.1) is 4.90 Å². The predicted octanol–water partition coefficient (Wildman–Crippen LogP) is 1.21. The predicted molar refractivity (Wildman–Crippen MR) is 101 cm³/mol. The van der Waals surface area contributed by atoms with Gasteiger partial charge in [0.25, 0.3) is 15.9 Å². The number of anilines is 1. The van der Waals surface area contributed by atoms with Gasteiger partial charge in [-0.05, 0) is 43.4 Å². The quantitative estimate of drug-likeness (QED) is 0.613. The molecule has 2 aromatic rings. The Labute approximate surface area is 157 Å². The highest BCUT2D eigenvalue weighted by atomic mass is 32.2. The van der Waals surface area contributed by atoms with Crippen molar-refractivity contribution in [3.63, 3.8) is 0 Å². The Morgan fingerprint density at radius 3 is 2.41 bits per heavy atom. The molecule has 0 spiro atoms. The summed E-state index contributed by atoms with van der Waals surface area (Å²) in [6.45, 7) is 1.99. The number of nitrogens with one attached hydrogen (secondary N) is 3. The van der Waals surface area contributed by atoms with Crippen LogP contribution in [0, 0.1) is 0 Å². The third kappa shape index (κ3) is 4.69. The van der Waals surface area contributed by atoms with Crippen LogP contribution in [0.2, 0.25) is 0 Å². The van der Waals surface area contributed by atoms with Crippen molar-refractivity contribution < 1.29 is 22.7 Å². The van der Waals surface area contributed by atoms with Crippen molar-refractivity contribution in [2.24, 2.45) is 0 Å². The second kappa shape index (κ2) is 8.28. The Kier molecular flexibility index (Phi) is 5.82. The molecule has 27 heavy (non-hydrogen) atoms. The summed E-state index contributed by atoms with van der Waals surface area (Å²) < 4.78 is 38.5.